The van der Waals surface area contributed by atoms with E-state index in [1.54, 1.807) is 23.1 Å². The Kier molecular flexibility index (Phi) is 2.80. The zero-order chi connectivity index (χ0) is 9.42. The molecule has 0 saturated heterocycles. The zero-order valence-corrected chi connectivity index (χ0v) is 10.6. The van der Waals surface area contributed by atoms with E-state index in [9.17, 15) is 4.39 Å². The fraction of sp³-hybridized carbons (Fsp3) is 0.111. The van der Waals surface area contributed by atoms with E-state index in [0.29, 0.717) is 0 Å². The predicted molar refractivity (Wildman–Crippen MR) is 66.3 cm³/mol. The first-order chi connectivity index (χ1) is 6.24. The summed E-state index contributed by atoms with van der Waals surface area (Å²) in [6.45, 7) is 0. The Morgan fingerprint density at radius 1 is 1.46 bits per heavy atom. The van der Waals surface area contributed by atoms with Crippen LogP contribution in [-0.2, 0) is 0 Å². The van der Waals surface area contributed by atoms with Gasteiger partial charge in [0.2, 0.25) is 0 Å². The molecule has 0 saturated carbocycles. The van der Waals surface area contributed by atoms with Crippen molar-refractivity contribution in [3.05, 3.63) is 26.9 Å². The molecule has 0 atom stereocenters. The van der Waals surface area contributed by atoms with E-state index in [2.05, 4.69) is 22.6 Å². The van der Waals surface area contributed by atoms with Gasteiger partial charge in [-0.15, -0.1) is 23.1 Å². The topological polar surface area (TPSA) is 0 Å². The van der Waals surface area contributed by atoms with Gasteiger partial charge >= 0.3 is 0 Å². The molecule has 4 heteroatoms. The van der Waals surface area contributed by atoms with Crippen molar-refractivity contribution in [3.8, 4) is 0 Å². The molecule has 68 valence electrons. The molecular weight excluding hydrogens is 318 g/mol. The molecule has 0 radical (unpaired) electrons. The lowest BCUT2D eigenvalue weighted by Gasteiger charge is -1.97. The third-order valence-electron chi connectivity index (χ3n) is 1.81. The van der Waals surface area contributed by atoms with Crippen LogP contribution in [0.3, 0.4) is 0 Å². The third-order valence-corrected chi connectivity index (χ3v) is 5.00. The molecule has 2 rings (SSSR count). The molecule has 1 aromatic carbocycles. The van der Waals surface area contributed by atoms with Crippen molar-refractivity contribution >= 4 is 55.8 Å². The van der Waals surface area contributed by atoms with Crippen LogP contribution >= 0.6 is 45.7 Å². The molecule has 13 heavy (non-hydrogen) atoms. The van der Waals surface area contributed by atoms with Gasteiger partial charge in [0.25, 0.3) is 0 Å². The van der Waals surface area contributed by atoms with E-state index in [0.717, 1.165) is 18.6 Å². The SMILES string of the molecule is CSc1csc2c(I)ccc(F)c12. The van der Waals surface area contributed by atoms with Gasteiger partial charge in [0.1, 0.15) is 5.82 Å². The average molecular weight is 324 g/mol. The molecule has 0 unspecified atom stereocenters. The van der Waals surface area contributed by atoms with Crippen LogP contribution in [0.2, 0.25) is 0 Å². The smallest absolute Gasteiger partial charge is 0.133 e. The van der Waals surface area contributed by atoms with Crippen molar-refractivity contribution in [2.24, 2.45) is 0 Å². The monoisotopic (exact) mass is 324 g/mol. The summed E-state index contributed by atoms with van der Waals surface area (Å²) in [5, 5.41) is 2.80. The molecular formula is C9H6FIS2. The highest BCUT2D eigenvalue weighted by Crippen LogP contribution is 2.36. The summed E-state index contributed by atoms with van der Waals surface area (Å²) >= 11 is 5.44. The molecule has 0 aliphatic rings. The second-order valence-electron chi connectivity index (χ2n) is 2.54. The maximum absolute atomic E-state index is 13.4. The van der Waals surface area contributed by atoms with Gasteiger partial charge in [-0.1, -0.05) is 0 Å². The van der Waals surface area contributed by atoms with Crippen LogP contribution in [0, 0.1) is 9.39 Å². The molecule has 0 aliphatic heterocycles. The zero-order valence-electron chi connectivity index (χ0n) is 6.80. The summed E-state index contributed by atoms with van der Waals surface area (Å²) in [6.07, 6.45) is 1.97. The van der Waals surface area contributed by atoms with E-state index in [1.165, 1.54) is 6.07 Å². The highest BCUT2D eigenvalue weighted by atomic mass is 127. The number of rotatable bonds is 1. The number of fused-ring (bicyclic) bond motifs is 1. The molecule has 0 fully saturated rings. The minimum atomic E-state index is -0.110. The molecule has 1 aromatic heterocycles. The Balaban J connectivity index is 2.87. The maximum atomic E-state index is 13.4. The fourth-order valence-corrected chi connectivity index (χ4v) is 3.88. The van der Waals surface area contributed by atoms with Crippen LogP contribution in [0.25, 0.3) is 10.1 Å². The lowest BCUT2D eigenvalue weighted by atomic mass is 10.2. The van der Waals surface area contributed by atoms with Crippen LogP contribution in [0.5, 0.6) is 0 Å². The highest BCUT2D eigenvalue weighted by molar-refractivity contribution is 14.1. The van der Waals surface area contributed by atoms with Gasteiger partial charge in [0.05, 0.1) is 4.70 Å². The van der Waals surface area contributed by atoms with Gasteiger partial charge < -0.3 is 0 Å². The van der Waals surface area contributed by atoms with Crippen molar-refractivity contribution in [2.45, 2.75) is 4.90 Å². The van der Waals surface area contributed by atoms with E-state index in [1.807, 2.05) is 17.7 Å². The van der Waals surface area contributed by atoms with Gasteiger partial charge in [-0.3, -0.25) is 0 Å². The molecule has 0 aliphatic carbocycles. The predicted octanol–water partition coefficient (Wildman–Crippen LogP) is 4.37. The number of benzene rings is 1. The molecule has 0 N–H and O–H groups in total. The molecule has 0 bridgehead atoms. The van der Waals surface area contributed by atoms with Gasteiger partial charge in [-0.2, -0.15) is 0 Å². The Bertz CT molecular complexity index is 450. The summed E-state index contributed by atoms with van der Waals surface area (Å²) in [4.78, 5) is 1.04. The highest BCUT2D eigenvalue weighted by Gasteiger charge is 2.10. The second kappa shape index (κ2) is 3.74. The number of halogens is 2. The van der Waals surface area contributed by atoms with Crippen LogP contribution < -0.4 is 0 Å². The standard InChI is InChI=1S/C9H6FIS2/c1-12-7-4-13-9-6(11)3-2-5(10)8(7)9/h2-4H,1H3. The van der Waals surface area contributed by atoms with Crippen molar-refractivity contribution in [2.75, 3.05) is 6.26 Å². The Hall–Kier alpha value is 0.190. The van der Waals surface area contributed by atoms with Gasteiger partial charge in [-0.25, -0.2) is 4.39 Å². The first-order valence-electron chi connectivity index (χ1n) is 3.63. The van der Waals surface area contributed by atoms with Crippen molar-refractivity contribution in [3.63, 3.8) is 0 Å². The fourth-order valence-electron chi connectivity index (χ4n) is 1.20. The summed E-state index contributed by atoms with van der Waals surface area (Å²) in [6, 6.07) is 3.36. The van der Waals surface area contributed by atoms with Crippen molar-refractivity contribution in [1.29, 1.82) is 0 Å². The summed E-state index contributed by atoms with van der Waals surface area (Å²) in [7, 11) is 0. The number of hydrogen-bond donors (Lipinski definition) is 0. The first-order valence-corrected chi connectivity index (χ1v) is 6.81. The Morgan fingerprint density at radius 3 is 2.92 bits per heavy atom. The number of thioether (sulfide) groups is 1. The Labute approximate surface area is 97.7 Å². The van der Waals surface area contributed by atoms with Crippen molar-refractivity contribution in [1.82, 2.24) is 0 Å². The molecule has 0 nitrogen and oxygen atoms in total. The van der Waals surface area contributed by atoms with Crippen LogP contribution in [0.4, 0.5) is 4.39 Å². The minimum Gasteiger partial charge on any atom is -0.206 e. The van der Waals surface area contributed by atoms with Crippen LogP contribution in [-0.4, -0.2) is 6.26 Å². The van der Waals surface area contributed by atoms with E-state index in [4.69, 9.17) is 0 Å². The largest absolute Gasteiger partial charge is 0.206 e. The van der Waals surface area contributed by atoms with Crippen LogP contribution in [0.1, 0.15) is 0 Å². The molecule has 2 aromatic rings. The number of thiophene rings is 1. The van der Waals surface area contributed by atoms with E-state index in [-0.39, 0.29) is 5.82 Å². The lowest BCUT2D eigenvalue weighted by molar-refractivity contribution is 0.638. The van der Waals surface area contributed by atoms with Gasteiger partial charge in [0.15, 0.2) is 0 Å². The van der Waals surface area contributed by atoms with Gasteiger partial charge in [0, 0.05) is 19.2 Å². The van der Waals surface area contributed by atoms with Crippen molar-refractivity contribution < 1.29 is 4.39 Å². The normalized spacial score (nSPS) is 11.0. The average Bonchev–Trinajstić information content (AvgIpc) is 2.56. The lowest BCUT2D eigenvalue weighted by Crippen LogP contribution is -1.78. The first kappa shape index (κ1) is 9.73. The van der Waals surface area contributed by atoms with Crippen LogP contribution in [0.15, 0.2) is 22.4 Å². The van der Waals surface area contributed by atoms with E-state index >= 15 is 0 Å². The molecule has 0 spiro atoms. The third kappa shape index (κ3) is 1.59. The molecule has 1 heterocycles. The second-order valence-corrected chi connectivity index (χ2v) is 5.43. The van der Waals surface area contributed by atoms with E-state index < -0.39 is 0 Å². The Morgan fingerprint density at radius 2 is 2.23 bits per heavy atom. The summed E-state index contributed by atoms with van der Waals surface area (Å²) in [5.74, 6) is -0.110. The minimum absolute atomic E-state index is 0.110. The summed E-state index contributed by atoms with van der Waals surface area (Å²) in [5.41, 5.74) is 0. The summed E-state index contributed by atoms with van der Waals surface area (Å²) < 4.78 is 15.6. The maximum Gasteiger partial charge on any atom is 0.133 e. The molecule has 0 amide bonds. The number of hydrogen-bond acceptors (Lipinski definition) is 2. The quantitative estimate of drug-likeness (QED) is 0.555. The van der Waals surface area contributed by atoms with Gasteiger partial charge in [-0.05, 0) is 41.0 Å².